The fourth-order valence-corrected chi connectivity index (χ4v) is 4.29. The van der Waals surface area contributed by atoms with E-state index in [0.717, 1.165) is 27.6 Å². The minimum Gasteiger partial charge on any atom is -0.496 e. The molecule has 0 amide bonds. The molecule has 0 aliphatic rings. The van der Waals surface area contributed by atoms with E-state index in [1.165, 1.54) is 16.8 Å². The van der Waals surface area contributed by atoms with Gasteiger partial charge >= 0.3 is 5.69 Å². The fraction of sp³-hybridized carbons (Fsp3) is 0.280. The van der Waals surface area contributed by atoms with E-state index >= 15 is 0 Å². The Morgan fingerprint density at radius 3 is 2.56 bits per heavy atom. The standard InChI is InChI=1S/C25H27N3O5S/c1-25(2,3)20-12-17(28-9-8-22(29)27-24(28)30)11-19(23(20)32-4)15-6-7-18-16(13-26-34(5)31)14-33-21(18)10-15/h6-12,14,26H,13H2,1-5H3,(H,27,29,30). The van der Waals surface area contributed by atoms with Crippen LogP contribution in [0.5, 0.6) is 5.75 Å². The Bertz CT molecular complexity index is 1510. The van der Waals surface area contributed by atoms with Crippen LogP contribution in [0.1, 0.15) is 31.9 Å². The molecular formula is C25H27N3O5S. The molecule has 4 rings (SSSR count). The Balaban J connectivity index is 1.92. The molecule has 2 heterocycles. The number of nitrogens with zero attached hydrogens (tertiary/aromatic N) is 1. The van der Waals surface area contributed by atoms with Crippen LogP contribution in [0.3, 0.4) is 0 Å². The van der Waals surface area contributed by atoms with E-state index in [-0.39, 0.29) is 5.41 Å². The quantitative estimate of drug-likeness (QED) is 0.437. The lowest BCUT2D eigenvalue weighted by atomic mass is 9.83. The molecule has 1 unspecified atom stereocenters. The fourth-order valence-electron chi connectivity index (χ4n) is 3.93. The van der Waals surface area contributed by atoms with E-state index in [2.05, 4.69) is 30.5 Å². The molecule has 0 radical (unpaired) electrons. The van der Waals surface area contributed by atoms with Gasteiger partial charge in [0, 0.05) is 47.1 Å². The van der Waals surface area contributed by atoms with Gasteiger partial charge in [0.05, 0.1) is 30.0 Å². The molecular weight excluding hydrogens is 454 g/mol. The molecule has 1 atom stereocenters. The molecule has 0 fully saturated rings. The van der Waals surface area contributed by atoms with E-state index in [1.54, 1.807) is 19.6 Å². The van der Waals surface area contributed by atoms with Gasteiger partial charge in [0.1, 0.15) is 11.3 Å². The van der Waals surface area contributed by atoms with Gasteiger partial charge in [0.15, 0.2) is 0 Å². The topological polar surface area (TPSA) is 106 Å². The molecule has 9 heteroatoms. The lowest BCUT2D eigenvalue weighted by molar-refractivity contribution is 0.399. The van der Waals surface area contributed by atoms with Gasteiger partial charge in [-0.2, -0.15) is 0 Å². The van der Waals surface area contributed by atoms with E-state index in [0.29, 0.717) is 23.6 Å². The Morgan fingerprint density at radius 1 is 1.15 bits per heavy atom. The molecule has 178 valence electrons. The molecule has 0 saturated heterocycles. The number of methoxy groups -OCH3 is 1. The predicted octanol–water partition coefficient (Wildman–Crippen LogP) is 3.63. The van der Waals surface area contributed by atoms with Crippen molar-refractivity contribution >= 4 is 22.0 Å². The third kappa shape index (κ3) is 4.62. The number of ether oxygens (including phenoxy) is 1. The zero-order valence-corrected chi connectivity index (χ0v) is 20.5. The molecule has 4 aromatic rings. The highest BCUT2D eigenvalue weighted by atomic mass is 32.2. The number of hydrogen-bond donors (Lipinski definition) is 2. The van der Waals surface area contributed by atoms with Gasteiger partial charge in [-0.1, -0.05) is 32.9 Å². The summed E-state index contributed by atoms with van der Waals surface area (Å²) in [6.45, 7) is 6.64. The van der Waals surface area contributed by atoms with Crippen molar-refractivity contribution in [2.24, 2.45) is 0 Å². The maximum Gasteiger partial charge on any atom is 0.332 e. The first-order chi connectivity index (χ1) is 16.1. The van der Waals surface area contributed by atoms with Crippen molar-refractivity contribution in [2.75, 3.05) is 13.4 Å². The second-order valence-corrected chi connectivity index (χ2v) is 10.2. The number of aromatic amines is 1. The lowest BCUT2D eigenvalue weighted by Crippen LogP contribution is -2.27. The summed E-state index contributed by atoms with van der Waals surface area (Å²) in [7, 11) is 0.500. The number of hydrogen-bond acceptors (Lipinski definition) is 5. The Hall–Kier alpha value is -3.43. The van der Waals surface area contributed by atoms with Crippen LogP contribution in [-0.2, 0) is 22.9 Å². The lowest BCUT2D eigenvalue weighted by Gasteiger charge is -2.25. The van der Waals surface area contributed by atoms with E-state index < -0.39 is 22.2 Å². The van der Waals surface area contributed by atoms with Gasteiger partial charge < -0.3 is 9.15 Å². The monoisotopic (exact) mass is 481 g/mol. The number of furan rings is 1. The third-order valence-electron chi connectivity index (χ3n) is 5.62. The summed E-state index contributed by atoms with van der Waals surface area (Å²) in [5.74, 6) is 0.697. The highest BCUT2D eigenvalue weighted by molar-refractivity contribution is 7.82. The first kappa shape index (κ1) is 23.7. The van der Waals surface area contributed by atoms with Crippen molar-refractivity contribution in [2.45, 2.75) is 32.7 Å². The normalized spacial score (nSPS) is 12.7. The second-order valence-electron chi connectivity index (χ2n) is 9.05. The van der Waals surface area contributed by atoms with Gasteiger partial charge in [-0.15, -0.1) is 0 Å². The van der Waals surface area contributed by atoms with Crippen molar-refractivity contribution in [3.63, 3.8) is 0 Å². The van der Waals surface area contributed by atoms with Gasteiger partial charge in [-0.25, -0.2) is 13.7 Å². The van der Waals surface area contributed by atoms with Gasteiger partial charge in [0.2, 0.25) is 0 Å². The molecule has 34 heavy (non-hydrogen) atoms. The van der Waals surface area contributed by atoms with Crippen LogP contribution in [0.25, 0.3) is 27.8 Å². The molecule has 0 aliphatic carbocycles. The summed E-state index contributed by atoms with van der Waals surface area (Å²) in [6, 6.07) is 10.9. The molecule has 2 aromatic carbocycles. The maximum absolute atomic E-state index is 12.5. The number of benzene rings is 2. The van der Waals surface area contributed by atoms with E-state index in [9.17, 15) is 13.8 Å². The number of H-pyrrole nitrogens is 1. The van der Waals surface area contributed by atoms with Gasteiger partial charge in [0.25, 0.3) is 5.56 Å². The largest absolute Gasteiger partial charge is 0.496 e. The van der Waals surface area contributed by atoms with E-state index in [4.69, 9.17) is 9.15 Å². The number of fused-ring (bicyclic) bond motifs is 1. The van der Waals surface area contributed by atoms with Gasteiger partial charge in [-0.05, 0) is 29.2 Å². The molecule has 0 bridgehead atoms. The summed E-state index contributed by atoms with van der Waals surface area (Å²) in [4.78, 5) is 26.4. The molecule has 2 N–H and O–H groups in total. The minimum atomic E-state index is -1.13. The first-order valence-electron chi connectivity index (χ1n) is 10.7. The summed E-state index contributed by atoms with van der Waals surface area (Å²) >= 11 is 0. The molecule has 8 nitrogen and oxygen atoms in total. The van der Waals surface area contributed by atoms with E-state index in [1.807, 2.05) is 30.3 Å². The zero-order chi connectivity index (χ0) is 24.6. The highest BCUT2D eigenvalue weighted by Crippen LogP contribution is 2.42. The Morgan fingerprint density at radius 2 is 1.91 bits per heavy atom. The van der Waals surface area contributed by atoms with Crippen molar-refractivity contribution in [3.05, 3.63) is 80.8 Å². The average Bonchev–Trinajstić information content (AvgIpc) is 3.18. The predicted molar refractivity (Wildman–Crippen MR) is 134 cm³/mol. The highest BCUT2D eigenvalue weighted by Gasteiger charge is 2.24. The summed E-state index contributed by atoms with van der Waals surface area (Å²) in [6.07, 6.45) is 4.70. The van der Waals surface area contributed by atoms with Crippen LogP contribution >= 0.6 is 0 Å². The zero-order valence-electron chi connectivity index (χ0n) is 19.7. The van der Waals surface area contributed by atoms with Crippen molar-refractivity contribution in [3.8, 4) is 22.6 Å². The van der Waals surface area contributed by atoms with Crippen molar-refractivity contribution in [1.82, 2.24) is 14.3 Å². The summed E-state index contributed by atoms with van der Waals surface area (Å²) < 4.78 is 27.3. The van der Waals surface area contributed by atoms with Gasteiger partial charge in [-0.3, -0.25) is 14.3 Å². The second kappa shape index (κ2) is 9.08. The summed E-state index contributed by atoms with van der Waals surface area (Å²) in [5.41, 5.74) is 3.49. The van der Waals surface area contributed by atoms with Crippen LogP contribution in [0, 0.1) is 0 Å². The number of rotatable bonds is 6. The van der Waals surface area contributed by atoms with Crippen molar-refractivity contribution < 1.29 is 13.4 Å². The average molecular weight is 482 g/mol. The number of nitrogens with one attached hydrogen (secondary N) is 2. The third-order valence-corrected chi connectivity index (χ3v) is 6.17. The first-order valence-corrected chi connectivity index (χ1v) is 12.3. The van der Waals surface area contributed by atoms with Crippen LogP contribution < -0.4 is 20.7 Å². The van der Waals surface area contributed by atoms with Crippen LogP contribution in [0.2, 0.25) is 0 Å². The summed E-state index contributed by atoms with van der Waals surface area (Å²) in [5, 5.41) is 0.921. The van der Waals surface area contributed by atoms with Crippen molar-refractivity contribution in [1.29, 1.82) is 0 Å². The number of aromatic nitrogens is 2. The van der Waals surface area contributed by atoms with Crippen LogP contribution in [-0.4, -0.2) is 27.1 Å². The minimum absolute atomic E-state index is 0.286. The van der Waals surface area contributed by atoms with Crippen LogP contribution in [0.4, 0.5) is 0 Å². The SMILES string of the molecule is COc1c(-c2ccc3c(CNS(C)=O)coc3c2)cc(-n2ccc(=O)[nH]c2=O)cc1C(C)(C)C. The maximum atomic E-state index is 12.5. The molecule has 0 saturated carbocycles. The molecule has 0 spiro atoms. The Labute approximate surface area is 199 Å². The van der Waals surface area contributed by atoms with Crippen LogP contribution in [0.15, 0.2) is 62.9 Å². The Kier molecular flexibility index (Phi) is 6.33. The smallest absolute Gasteiger partial charge is 0.332 e. The molecule has 2 aromatic heterocycles. The molecule has 0 aliphatic heterocycles.